The lowest BCUT2D eigenvalue weighted by Crippen LogP contribution is -2.43. The van der Waals surface area contributed by atoms with Crippen LogP contribution in [0.1, 0.15) is 22.5 Å². The first-order valence-electron chi connectivity index (χ1n) is 7.52. The molecule has 1 atom stereocenters. The molecule has 0 bridgehead atoms. The van der Waals surface area contributed by atoms with Crippen molar-refractivity contribution in [3.63, 3.8) is 0 Å². The molecule has 6 heteroatoms. The van der Waals surface area contributed by atoms with Gasteiger partial charge in [-0.05, 0) is 48.6 Å². The molecule has 0 spiro atoms. The number of carbonyl (C=O) groups is 2. The van der Waals surface area contributed by atoms with Crippen molar-refractivity contribution in [1.82, 2.24) is 4.90 Å². The van der Waals surface area contributed by atoms with E-state index in [4.69, 9.17) is 0 Å². The maximum Gasteiger partial charge on any atom is 0.263 e. The highest BCUT2D eigenvalue weighted by molar-refractivity contribution is 7.12. The van der Waals surface area contributed by atoms with Crippen LogP contribution in [0, 0.1) is 11.7 Å². The van der Waals surface area contributed by atoms with Crippen molar-refractivity contribution in [2.75, 3.05) is 18.4 Å². The lowest BCUT2D eigenvalue weighted by molar-refractivity contribution is -0.121. The highest BCUT2D eigenvalue weighted by Crippen LogP contribution is 2.22. The van der Waals surface area contributed by atoms with Gasteiger partial charge in [0.25, 0.3) is 5.91 Å². The van der Waals surface area contributed by atoms with Crippen LogP contribution in [0.4, 0.5) is 10.1 Å². The van der Waals surface area contributed by atoms with Gasteiger partial charge in [-0.15, -0.1) is 11.3 Å². The molecule has 1 fully saturated rings. The Hall–Kier alpha value is -2.21. The summed E-state index contributed by atoms with van der Waals surface area (Å²) in [6, 6.07) is 9.33. The first-order chi connectivity index (χ1) is 11.1. The molecule has 1 aliphatic rings. The van der Waals surface area contributed by atoms with Gasteiger partial charge < -0.3 is 10.2 Å². The summed E-state index contributed by atoms with van der Waals surface area (Å²) in [6.45, 7) is 1.10. The van der Waals surface area contributed by atoms with Gasteiger partial charge in [0.2, 0.25) is 5.91 Å². The van der Waals surface area contributed by atoms with E-state index in [-0.39, 0.29) is 23.5 Å². The van der Waals surface area contributed by atoms with E-state index in [9.17, 15) is 14.0 Å². The minimum Gasteiger partial charge on any atom is -0.337 e. The summed E-state index contributed by atoms with van der Waals surface area (Å²) < 4.78 is 12.9. The number of nitrogens with zero attached hydrogens (tertiary/aromatic N) is 1. The molecule has 0 radical (unpaired) electrons. The Balaban J connectivity index is 1.62. The summed E-state index contributed by atoms with van der Waals surface area (Å²) >= 11 is 1.41. The summed E-state index contributed by atoms with van der Waals surface area (Å²) in [6.07, 6.45) is 1.56. The number of halogens is 1. The summed E-state index contributed by atoms with van der Waals surface area (Å²) in [5, 5.41) is 4.66. The van der Waals surface area contributed by atoms with Gasteiger partial charge in [-0.2, -0.15) is 0 Å². The predicted octanol–water partition coefficient (Wildman–Crippen LogP) is 3.38. The maximum atomic E-state index is 12.9. The van der Waals surface area contributed by atoms with Gasteiger partial charge >= 0.3 is 0 Å². The molecule has 4 nitrogen and oxygen atoms in total. The van der Waals surface area contributed by atoms with Gasteiger partial charge in [0, 0.05) is 18.8 Å². The molecule has 120 valence electrons. The molecule has 1 aromatic carbocycles. The van der Waals surface area contributed by atoms with E-state index in [1.165, 1.54) is 35.6 Å². The molecule has 23 heavy (non-hydrogen) atoms. The molecule has 2 heterocycles. The van der Waals surface area contributed by atoms with Crippen LogP contribution in [0.25, 0.3) is 0 Å². The molecule has 2 aromatic rings. The molecule has 3 rings (SSSR count). The molecule has 0 aliphatic carbocycles. The third-order valence-electron chi connectivity index (χ3n) is 3.92. The summed E-state index contributed by atoms with van der Waals surface area (Å²) in [5.41, 5.74) is 0.568. The standard InChI is InChI=1S/C17H17FN2O2S/c18-13-5-7-14(8-6-13)19-16(21)12-3-1-9-20(11-12)17(22)15-4-2-10-23-15/h2,4-8,10,12H,1,3,9,11H2,(H,19,21). The van der Waals surface area contributed by atoms with Crippen molar-refractivity contribution in [1.29, 1.82) is 0 Å². The number of nitrogens with one attached hydrogen (secondary N) is 1. The molecular weight excluding hydrogens is 315 g/mol. The first-order valence-corrected chi connectivity index (χ1v) is 8.40. The largest absolute Gasteiger partial charge is 0.337 e. The monoisotopic (exact) mass is 332 g/mol. The van der Waals surface area contributed by atoms with Gasteiger partial charge in [0.05, 0.1) is 10.8 Å². The SMILES string of the molecule is O=C(Nc1ccc(F)cc1)C1CCCN(C(=O)c2cccs2)C1. The van der Waals surface area contributed by atoms with E-state index in [2.05, 4.69) is 5.32 Å². The highest BCUT2D eigenvalue weighted by Gasteiger charge is 2.29. The lowest BCUT2D eigenvalue weighted by Gasteiger charge is -2.31. The number of rotatable bonds is 3. The quantitative estimate of drug-likeness (QED) is 0.937. The Bertz CT molecular complexity index is 685. The van der Waals surface area contributed by atoms with E-state index in [0.29, 0.717) is 23.7 Å². The van der Waals surface area contributed by atoms with Gasteiger partial charge in [0.1, 0.15) is 5.82 Å². The topological polar surface area (TPSA) is 49.4 Å². The second-order valence-electron chi connectivity index (χ2n) is 5.56. The smallest absolute Gasteiger partial charge is 0.263 e. The van der Waals surface area contributed by atoms with Crippen molar-refractivity contribution >= 4 is 28.8 Å². The molecule has 1 unspecified atom stereocenters. The van der Waals surface area contributed by atoms with Crippen LogP contribution in [-0.4, -0.2) is 29.8 Å². The Labute approximate surface area is 137 Å². The molecule has 1 saturated heterocycles. The van der Waals surface area contributed by atoms with Crippen LogP contribution in [0.2, 0.25) is 0 Å². The zero-order valence-corrected chi connectivity index (χ0v) is 13.3. The van der Waals surface area contributed by atoms with Crippen molar-refractivity contribution in [3.8, 4) is 0 Å². The molecule has 0 saturated carbocycles. The van der Waals surface area contributed by atoms with Crippen LogP contribution >= 0.6 is 11.3 Å². The summed E-state index contributed by atoms with van der Waals surface area (Å²) in [5.74, 6) is -0.717. The van der Waals surface area contributed by atoms with Gasteiger partial charge in [0.15, 0.2) is 0 Å². The van der Waals surface area contributed by atoms with Crippen molar-refractivity contribution in [2.45, 2.75) is 12.8 Å². The molecule has 1 aliphatic heterocycles. The second-order valence-corrected chi connectivity index (χ2v) is 6.51. The average Bonchev–Trinajstić information content (AvgIpc) is 3.11. The zero-order valence-electron chi connectivity index (χ0n) is 12.5. The lowest BCUT2D eigenvalue weighted by atomic mass is 9.97. The van der Waals surface area contributed by atoms with E-state index in [0.717, 1.165) is 12.8 Å². The fourth-order valence-electron chi connectivity index (χ4n) is 2.71. The number of thiophene rings is 1. The van der Waals surface area contributed by atoms with Crippen LogP contribution in [-0.2, 0) is 4.79 Å². The van der Waals surface area contributed by atoms with Gasteiger partial charge in [-0.1, -0.05) is 6.07 Å². The maximum absolute atomic E-state index is 12.9. The van der Waals surface area contributed by atoms with Crippen molar-refractivity contribution < 1.29 is 14.0 Å². The second kappa shape index (κ2) is 6.91. The predicted molar refractivity (Wildman–Crippen MR) is 88.0 cm³/mol. The number of piperidine rings is 1. The van der Waals surface area contributed by atoms with Crippen LogP contribution in [0.5, 0.6) is 0 Å². The number of benzene rings is 1. The van der Waals surface area contributed by atoms with E-state index >= 15 is 0 Å². The highest BCUT2D eigenvalue weighted by atomic mass is 32.1. The van der Waals surface area contributed by atoms with Crippen molar-refractivity contribution in [3.05, 3.63) is 52.5 Å². The van der Waals surface area contributed by atoms with Crippen LogP contribution in [0.15, 0.2) is 41.8 Å². The van der Waals surface area contributed by atoms with Crippen LogP contribution in [0.3, 0.4) is 0 Å². The number of carbonyl (C=O) groups excluding carboxylic acids is 2. The van der Waals surface area contributed by atoms with Gasteiger partial charge in [-0.25, -0.2) is 4.39 Å². The fraction of sp³-hybridized carbons (Fsp3) is 0.294. The molecular formula is C17H17FN2O2S. The Morgan fingerprint density at radius 2 is 2.00 bits per heavy atom. The summed E-state index contributed by atoms with van der Waals surface area (Å²) in [7, 11) is 0. The molecule has 1 aromatic heterocycles. The number of anilines is 1. The van der Waals surface area contributed by atoms with E-state index < -0.39 is 0 Å². The fourth-order valence-corrected chi connectivity index (χ4v) is 3.40. The molecule has 1 N–H and O–H groups in total. The minimum absolute atomic E-state index is 0.0146. The van der Waals surface area contributed by atoms with E-state index in [1.54, 1.807) is 11.0 Å². The van der Waals surface area contributed by atoms with E-state index in [1.807, 2.05) is 11.4 Å². The third kappa shape index (κ3) is 3.76. The zero-order chi connectivity index (χ0) is 16.2. The average molecular weight is 332 g/mol. The Morgan fingerprint density at radius 1 is 1.22 bits per heavy atom. The normalized spacial score (nSPS) is 17.8. The number of hydrogen-bond acceptors (Lipinski definition) is 3. The van der Waals surface area contributed by atoms with Crippen LogP contribution < -0.4 is 5.32 Å². The van der Waals surface area contributed by atoms with Crippen molar-refractivity contribution in [2.24, 2.45) is 5.92 Å². The Morgan fingerprint density at radius 3 is 2.70 bits per heavy atom. The summed E-state index contributed by atoms with van der Waals surface area (Å²) in [4.78, 5) is 27.2. The third-order valence-corrected chi connectivity index (χ3v) is 4.78. The minimum atomic E-state index is -0.339. The number of likely N-dealkylation sites (tertiary alicyclic amines) is 1. The molecule has 2 amide bonds. The number of amides is 2. The first kappa shape index (κ1) is 15.7. The number of hydrogen-bond donors (Lipinski definition) is 1. The van der Waals surface area contributed by atoms with Gasteiger partial charge in [-0.3, -0.25) is 9.59 Å². The Kier molecular flexibility index (Phi) is 4.71.